The Kier molecular flexibility index (Phi) is 9.60. The van der Waals surface area contributed by atoms with Crippen molar-refractivity contribution in [2.75, 3.05) is 7.11 Å². The fraction of sp³-hybridized carbons (Fsp3) is 0.484. The predicted molar refractivity (Wildman–Crippen MR) is 154 cm³/mol. The molecule has 1 N–H and O–H groups in total. The third kappa shape index (κ3) is 7.14. The van der Waals surface area contributed by atoms with Gasteiger partial charge in [-0.1, -0.05) is 93.6 Å². The number of methoxy groups -OCH3 is 1. The van der Waals surface area contributed by atoms with Gasteiger partial charge in [0.15, 0.2) is 8.32 Å². The minimum absolute atomic E-state index is 0.0556. The summed E-state index contributed by atoms with van der Waals surface area (Å²) in [6.07, 6.45) is 4.48. The maximum atomic E-state index is 13.9. The number of rotatable bonds is 9. The highest BCUT2D eigenvalue weighted by molar-refractivity contribution is 6.74. The first kappa shape index (κ1) is 29.6. The van der Waals surface area contributed by atoms with Crippen molar-refractivity contribution in [1.29, 1.82) is 0 Å². The zero-order valence-electron chi connectivity index (χ0n) is 23.8. The molecule has 6 nitrogen and oxygen atoms in total. The number of amides is 1. The summed E-state index contributed by atoms with van der Waals surface area (Å²) < 4.78 is 18.0. The SMILES string of the molecule is COC(=O)NC(C=Cc1ccccc1)C1(C)C(=O)OC(CCc2ccccc2)CC1O[Si](C)(C)C(C)(C)C. The maximum absolute atomic E-state index is 13.9. The molecule has 1 saturated heterocycles. The van der Waals surface area contributed by atoms with Crippen molar-refractivity contribution in [3.63, 3.8) is 0 Å². The van der Waals surface area contributed by atoms with E-state index in [0.29, 0.717) is 12.8 Å². The molecule has 4 unspecified atom stereocenters. The normalized spacial score (nSPS) is 23.1. The van der Waals surface area contributed by atoms with Gasteiger partial charge in [0.05, 0.1) is 19.3 Å². The van der Waals surface area contributed by atoms with Crippen LogP contribution in [0.5, 0.6) is 0 Å². The summed E-state index contributed by atoms with van der Waals surface area (Å²) >= 11 is 0. The van der Waals surface area contributed by atoms with Crippen LogP contribution < -0.4 is 5.32 Å². The quantitative estimate of drug-likeness (QED) is 0.282. The third-order valence-corrected chi connectivity index (χ3v) is 12.6. The highest BCUT2D eigenvalue weighted by Crippen LogP contribution is 2.45. The Morgan fingerprint density at radius 1 is 1.13 bits per heavy atom. The van der Waals surface area contributed by atoms with Crippen molar-refractivity contribution in [2.24, 2.45) is 5.41 Å². The van der Waals surface area contributed by atoms with E-state index < -0.39 is 32.0 Å². The second-order valence-corrected chi connectivity index (χ2v) is 16.6. The molecule has 38 heavy (non-hydrogen) atoms. The lowest BCUT2D eigenvalue weighted by Crippen LogP contribution is -2.63. The van der Waals surface area contributed by atoms with E-state index in [9.17, 15) is 9.59 Å². The molecule has 0 radical (unpaired) electrons. The van der Waals surface area contributed by atoms with E-state index in [1.165, 1.54) is 12.7 Å². The number of cyclic esters (lactones) is 1. The van der Waals surface area contributed by atoms with Crippen LogP contribution in [0.15, 0.2) is 66.7 Å². The highest BCUT2D eigenvalue weighted by atomic mass is 28.4. The Hall–Kier alpha value is -2.90. The van der Waals surface area contributed by atoms with Gasteiger partial charge in [0.1, 0.15) is 11.5 Å². The summed E-state index contributed by atoms with van der Waals surface area (Å²) in [5.74, 6) is -0.371. The highest BCUT2D eigenvalue weighted by Gasteiger charge is 2.56. The minimum Gasteiger partial charge on any atom is -0.462 e. The number of nitrogens with one attached hydrogen (secondary N) is 1. The van der Waals surface area contributed by atoms with Gasteiger partial charge in [-0.2, -0.15) is 0 Å². The van der Waals surface area contributed by atoms with Crippen LogP contribution in [0, 0.1) is 5.41 Å². The Labute approximate surface area is 228 Å². The van der Waals surface area contributed by atoms with Crippen LogP contribution in [0.4, 0.5) is 4.79 Å². The number of alkyl carbamates (subject to hydrolysis) is 1. The van der Waals surface area contributed by atoms with E-state index in [0.717, 1.165) is 12.0 Å². The molecule has 0 aromatic heterocycles. The average molecular weight is 538 g/mol. The standard InChI is InChI=1S/C31H43NO5Si/c1-30(2,3)38(6,7)37-27-22-25(20-18-23-14-10-8-11-15-23)36-28(33)31(27,4)26(32-29(34)35-5)21-19-24-16-12-9-13-17-24/h8-17,19,21,25-27H,18,20,22H2,1-7H3,(H,32,34). The molecule has 1 amide bonds. The summed E-state index contributed by atoms with van der Waals surface area (Å²) in [4.78, 5) is 26.3. The lowest BCUT2D eigenvalue weighted by Gasteiger charge is -2.50. The van der Waals surface area contributed by atoms with Crippen molar-refractivity contribution >= 4 is 26.5 Å². The van der Waals surface area contributed by atoms with Gasteiger partial charge >= 0.3 is 12.1 Å². The number of ether oxygens (including phenoxy) is 2. The Balaban J connectivity index is 1.97. The molecule has 0 bridgehead atoms. The average Bonchev–Trinajstić information content (AvgIpc) is 2.88. The molecule has 1 aliphatic rings. The Morgan fingerprint density at radius 3 is 2.32 bits per heavy atom. The first-order valence-electron chi connectivity index (χ1n) is 13.4. The summed E-state index contributed by atoms with van der Waals surface area (Å²) in [6, 6.07) is 19.3. The number of benzene rings is 2. The number of carbonyl (C=O) groups is 2. The lowest BCUT2D eigenvalue weighted by molar-refractivity contribution is -0.184. The van der Waals surface area contributed by atoms with Crippen molar-refractivity contribution in [3.8, 4) is 0 Å². The van der Waals surface area contributed by atoms with E-state index >= 15 is 0 Å². The molecule has 0 saturated carbocycles. The van der Waals surface area contributed by atoms with Crippen LogP contribution >= 0.6 is 0 Å². The molecule has 7 heteroatoms. The van der Waals surface area contributed by atoms with Gasteiger partial charge in [0, 0.05) is 6.42 Å². The molecular weight excluding hydrogens is 494 g/mol. The van der Waals surface area contributed by atoms with Gasteiger partial charge in [-0.3, -0.25) is 4.79 Å². The predicted octanol–water partition coefficient (Wildman–Crippen LogP) is 6.77. The number of hydrogen-bond acceptors (Lipinski definition) is 5. The van der Waals surface area contributed by atoms with E-state index in [1.54, 1.807) is 0 Å². The second-order valence-electron chi connectivity index (χ2n) is 11.8. The Morgan fingerprint density at radius 2 is 1.74 bits per heavy atom. The molecule has 2 aromatic carbocycles. The second kappa shape index (κ2) is 12.3. The van der Waals surface area contributed by atoms with Crippen LogP contribution in [0.2, 0.25) is 18.1 Å². The van der Waals surface area contributed by atoms with Gasteiger partial charge in [-0.05, 0) is 49.0 Å². The van der Waals surface area contributed by atoms with E-state index in [1.807, 2.05) is 67.6 Å². The van der Waals surface area contributed by atoms with Crippen LogP contribution in [0.1, 0.15) is 51.7 Å². The molecule has 4 atom stereocenters. The zero-order chi connectivity index (χ0) is 28.0. The number of hydrogen-bond donors (Lipinski definition) is 1. The summed E-state index contributed by atoms with van der Waals surface area (Å²) in [7, 11) is -0.967. The van der Waals surface area contributed by atoms with Gasteiger partial charge in [-0.15, -0.1) is 0 Å². The van der Waals surface area contributed by atoms with Crippen LogP contribution in [0.25, 0.3) is 6.08 Å². The zero-order valence-corrected chi connectivity index (χ0v) is 24.8. The maximum Gasteiger partial charge on any atom is 0.407 e. The molecule has 2 aromatic rings. The lowest BCUT2D eigenvalue weighted by atomic mass is 9.72. The third-order valence-electron chi connectivity index (χ3n) is 8.09. The molecule has 1 aliphatic heterocycles. The van der Waals surface area contributed by atoms with Crippen LogP contribution in [-0.4, -0.2) is 45.7 Å². The largest absolute Gasteiger partial charge is 0.462 e. The molecule has 206 valence electrons. The number of carbonyl (C=O) groups excluding carboxylic acids is 2. The number of aryl methyl sites for hydroxylation is 1. The minimum atomic E-state index is -2.28. The topological polar surface area (TPSA) is 73.9 Å². The van der Waals surface area contributed by atoms with Gasteiger partial charge in [0.2, 0.25) is 0 Å². The van der Waals surface area contributed by atoms with Gasteiger partial charge in [-0.25, -0.2) is 4.79 Å². The first-order chi connectivity index (χ1) is 17.9. The van der Waals surface area contributed by atoms with Crippen molar-refractivity contribution in [2.45, 2.75) is 83.3 Å². The van der Waals surface area contributed by atoms with Crippen LogP contribution in [0.3, 0.4) is 0 Å². The monoisotopic (exact) mass is 537 g/mol. The van der Waals surface area contributed by atoms with E-state index in [-0.39, 0.29) is 17.1 Å². The van der Waals surface area contributed by atoms with Gasteiger partial charge < -0.3 is 19.2 Å². The van der Waals surface area contributed by atoms with E-state index in [4.69, 9.17) is 13.9 Å². The van der Waals surface area contributed by atoms with Crippen molar-refractivity contribution in [1.82, 2.24) is 5.32 Å². The molecule has 0 aliphatic carbocycles. The number of esters is 1. The fourth-order valence-corrected chi connectivity index (χ4v) is 5.88. The van der Waals surface area contributed by atoms with Crippen LogP contribution in [-0.2, 0) is 25.1 Å². The Bertz CT molecular complexity index is 1100. The summed E-state index contributed by atoms with van der Waals surface area (Å²) in [6.45, 7) is 12.8. The van der Waals surface area contributed by atoms with Crippen molar-refractivity contribution < 1.29 is 23.5 Å². The molecular formula is C31H43NO5Si. The van der Waals surface area contributed by atoms with Crippen molar-refractivity contribution in [3.05, 3.63) is 77.9 Å². The summed E-state index contributed by atoms with van der Waals surface area (Å²) in [5.41, 5.74) is 1.01. The molecule has 1 fully saturated rings. The fourth-order valence-electron chi connectivity index (χ4n) is 4.48. The smallest absolute Gasteiger partial charge is 0.407 e. The first-order valence-corrected chi connectivity index (χ1v) is 16.3. The molecule has 3 rings (SSSR count). The van der Waals surface area contributed by atoms with E-state index in [2.05, 4.69) is 51.3 Å². The molecule has 0 spiro atoms. The molecule has 1 heterocycles. The van der Waals surface area contributed by atoms with Gasteiger partial charge in [0.25, 0.3) is 0 Å². The summed E-state index contributed by atoms with van der Waals surface area (Å²) in [5, 5.41) is 2.84.